The number of ketones is 2. The minimum absolute atomic E-state index is 0.229. The predicted molar refractivity (Wildman–Crippen MR) is 145 cm³/mol. The molecule has 0 saturated heterocycles. The van der Waals surface area contributed by atoms with Crippen LogP contribution in [0.15, 0.2) is 36.4 Å². The highest BCUT2D eigenvalue weighted by atomic mass is 35.5. The highest BCUT2D eigenvalue weighted by Gasteiger charge is 2.35. The van der Waals surface area contributed by atoms with Gasteiger partial charge in [0.05, 0.1) is 30.5 Å². The van der Waals surface area contributed by atoms with E-state index in [2.05, 4.69) is 10.6 Å². The van der Waals surface area contributed by atoms with Crippen molar-refractivity contribution in [1.29, 1.82) is 0 Å². The van der Waals surface area contributed by atoms with Crippen molar-refractivity contribution in [3.63, 3.8) is 0 Å². The van der Waals surface area contributed by atoms with Gasteiger partial charge in [-0.15, -0.1) is 0 Å². The molecule has 0 aliphatic rings. The quantitative estimate of drug-likeness (QED) is 0.272. The van der Waals surface area contributed by atoms with Crippen LogP contribution < -0.4 is 20.1 Å². The maximum absolute atomic E-state index is 13.1. The predicted octanol–water partition coefficient (Wildman–Crippen LogP) is 3.86. The SMILES string of the molecule is COc1ccc(C(C)=O)cc1CC(=O)N[C@H](C(=O)N[C@@H](CC(=O)O)C(=O)COc1cccc(C(F)(F)F)c1Cl)C(C)C. The van der Waals surface area contributed by atoms with E-state index in [9.17, 15) is 42.3 Å². The van der Waals surface area contributed by atoms with Crippen molar-refractivity contribution in [3.8, 4) is 11.5 Å². The topological polar surface area (TPSA) is 148 Å². The summed E-state index contributed by atoms with van der Waals surface area (Å²) in [6.07, 6.45) is -5.90. The van der Waals surface area contributed by atoms with Crippen LogP contribution in [0.4, 0.5) is 13.2 Å². The molecule has 42 heavy (non-hydrogen) atoms. The summed E-state index contributed by atoms with van der Waals surface area (Å²) in [5, 5.41) is 13.3. The van der Waals surface area contributed by atoms with Crippen LogP contribution in [0.25, 0.3) is 0 Å². The molecule has 2 aromatic rings. The summed E-state index contributed by atoms with van der Waals surface area (Å²) in [4.78, 5) is 61.9. The fourth-order valence-electron chi connectivity index (χ4n) is 3.84. The fourth-order valence-corrected chi connectivity index (χ4v) is 4.13. The zero-order chi connectivity index (χ0) is 31.8. The number of methoxy groups -OCH3 is 1. The Labute approximate surface area is 244 Å². The number of alkyl halides is 3. The zero-order valence-corrected chi connectivity index (χ0v) is 23.9. The van der Waals surface area contributed by atoms with Gasteiger partial charge in [0.25, 0.3) is 0 Å². The van der Waals surface area contributed by atoms with E-state index in [-0.39, 0.29) is 12.2 Å². The van der Waals surface area contributed by atoms with Gasteiger partial charge in [-0.2, -0.15) is 13.2 Å². The van der Waals surface area contributed by atoms with Crippen LogP contribution in [-0.2, 0) is 31.8 Å². The van der Waals surface area contributed by atoms with Gasteiger partial charge in [-0.1, -0.05) is 31.5 Å². The Bertz CT molecular complexity index is 1350. The van der Waals surface area contributed by atoms with Gasteiger partial charge in [-0.25, -0.2) is 0 Å². The molecule has 228 valence electrons. The smallest absolute Gasteiger partial charge is 0.417 e. The molecule has 0 unspecified atom stereocenters. The molecule has 0 fully saturated rings. The van der Waals surface area contributed by atoms with Gasteiger partial charge in [0.15, 0.2) is 11.6 Å². The van der Waals surface area contributed by atoms with Crippen LogP contribution in [0.5, 0.6) is 11.5 Å². The number of halogens is 4. The summed E-state index contributed by atoms with van der Waals surface area (Å²) in [6, 6.07) is 4.56. The summed E-state index contributed by atoms with van der Waals surface area (Å²) in [5.74, 6) is -4.77. The summed E-state index contributed by atoms with van der Waals surface area (Å²) in [7, 11) is 1.39. The molecule has 0 spiro atoms. The number of ether oxygens (including phenoxy) is 2. The normalized spacial score (nSPS) is 12.7. The molecule has 14 heteroatoms. The first-order valence-electron chi connectivity index (χ1n) is 12.6. The first-order valence-corrected chi connectivity index (χ1v) is 12.9. The lowest BCUT2D eigenvalue weighted by Crippen LogP contribution is -2.54. The first-order chi connectivity index (χ1) is 19.5. The van der Waals surface area contributed by atoms with Crippen LogP contribution in [0.3, 0.4) is 0 Å². The lowest BCUT2D eigenvalue weighted by atomic mass is 10.0. The number of nitrogens with one attached hydrogen (secondary N) is 2. The van der Waals surface area contributed by atoms with E-state index in [1.165, 1.54) is 32.2 Å². The van der Waals surface area contributed by atoms with Crippen LogP contribution in [0, 0.1) is 5.92 Å². The van der Waals surface area contributed by atoms with Gasteiger partial charge in [-0.05, 0) is 43.2 Å². The number of aliphatic carboxylic acids is 1. The Balaban J connectivity index is 2.16. The lowest BCUT2D eigenvalue weighted by molar-refractivity contribution is -0.141. The molecule has 3 N–H and O–H groups in total. The molecule has 10 nitrogen and oxygen atoms in total. The Kier molecular flexibility index (Phi) is 11.9. The van der Waals surface area contributed by atoms with Crippen molar-refractivity contribution in [2.75, 3.05) is 13.7 Å². The fraction of sp³-hybridized carbons (Fsp3) is 0.393. The van der Waals surface area contributed by atoms with Crippen molar-refractivity contribution in [3.05, 3.63) is 58.1 Å². The van der Waals surface area contributed by atoms with E-state index in [0.29, 0.717) is 16.9 Å². The second-order valence-corrected chi connectivity index (χ2v) is 9.96. The van der Waals surface area contributed by atoms with Crippen molar-refractivity contribution in [2.45, 2.75) is 51.9 Å². The van der Waals surface area contributed by atoms with E-state index in [1.807, 2.05) is 0 Å². The van der Waals surface area contributed by atoms with Crippen LogP contribution in [0.1, 0.15) is 48.7 Å². The Morgan fingerprint density at radius 2 is 1.69 bits per heavy atom. The Morgan fingerprint density at radius 3 is 2.24 bits per heavy atom. The van der Waals surface area contributed by atoms with E-state index >= 15 is 0 Å². The van der Waals surface area contributed by atoms with Gasteiger partial charge < -0.3 is 25.2 Å². The van der Waals surface area contributed by atoms with Crippen molar-refractivity contribution in [1.82, 2.24) is 10.6 Å². The number of Topliss-reactive ketones (excluding diaryl/α,β-unsaturated/α-hetero) is 2. The molecule has 2 amide bonds. The van der Waals surface area contributed by atoms with Crippen molar-refractivity contribution >= 4 is 41.0 Å². The van der Waals surface area contributed by atoms with Gasteiger partial charge in [0.2, 0.25) is 11.8 Å². The third-order valence-corrected chi connectivity index (χ3v) is 6.42. The minimum atomic E-state index is -4.78. The molecule has 2 rings (SSSR count). The van der Waals surface area contributed by atoms with E-state index in [1.54, 1.807) is 13.8 Å². The maximum atomic E-state index is 13.1. The highest BCUT2D eigenvalue weighted by Crippen LogP contribution is 2.39. The number of carboxylic acid groups (broad SMARTS) is 1. The van der Waals surface area contributed by atoms with Crippen LogP contribution >= 0.6 is 11.6 Å². The third kappa shape index (κ3) is 9.47. The molecule has 0 aromatic heterocycles. The molecule has 0 radical (unpaired) electrons. The molecule has 0 aliphatic carbocycles. The molecule has 2 aromatic carbocycles. The number of hydrogen-bond donors (Lipinski definition) is 3. The standard InChI is InChI=1S/C28H30ClF3N2O8/c1-14(2)26(34-23(37)11-17-10-16(15(3)35)8-9-21(17)41-4)27(40)33-19(12-24(38)39)20(36)13-42-22-7-5-6-18(25(22)29)28(30,31)32/h5-10,14,19,26H,11-13H2,1-4H3,(H,33,40)(H,34,37)(H,38,39)/t19-,26-/m0/s1. The number of rotatable bonds is 14. The molecule has 0 bridgehead atoms. The second kappa shape index (κ2) is 14.7. The van der Waals surface area contributed by atoms with Gasteiger partial charge in [0, 0.05) is 11.1 Å². The molecule has 2 atom stereocenters. The van der Waals surface area contributed by atoms with Gasteiger partial charge in [-0.3, -0.25) is 24.0 Å². The molecular formula is C28H30ClF3N2O8. The largest absolute Gasteiger partial charge is 0.496 e. The number of carbonyl (C=O) groups is 5. The molecule has 0 aliphatic heterocycles. The van der Waals surface area contributed by atoms with Crippen molar-refractivity contribution in [2.24, 2.45) is 5.92 Å². The van der Waals surface area contributed by atoms with Gasteiger partial charge >= 0.3 is 12.1 Å². The van der Waals surface area contributed by atoms with Gasteiger partial charge in [0.1, 0.15) is 30.2 Å². The monoisotopic (exact) mass is 614 g/mol. The number of benzene rings is 2. The van der Waals surface area contributed by atoms with E-state index in [0.717, 1.165) is 18.2 Å². The number of carbonyl (C=O) groups excluding carboxylic acids is 4. The zero-order valence-electron chi connectivity index (χ0n) is 23.1. The number of carboxylic acids is 1. The lowest BCUT2D eigenvalue weighted by Gasteiger charge is -2.25. The van der Waals surface area contributed by atoms with Crippen LogP contribution in [-0.4, -0.2) is 60.3 Å². The number of hydrogen-bond acceptors (Lipinski definition) is 7. The molecule has 0 heterocycles. The summed E-state index contributed by atoms with van der Waals surface area (Å²) >= 11 is 5.77. The second-order valence-electron chi connectivity index (χ2n) is 9.58. The van der Waals surface area contributed by atoms with E-state index in [4.69, 9.17) is 21.1 Å². The van der Waals surface area contributed by atoms with Crippen molar-refractivity contribution < 1.29 is 51.7 Å². The van der Waals surface area contributed by atoms with E-state index < -0.39 is 77.1 Å². The highest BCUT2D eigenvalue weighted by molar-refractivity contribution is 6.32. The molecule has 0 saturated carbocycles. The minimum Gasteiger partial charge on any atom is -0.496 e. The summed E-state index contributed by atoms with van der Waals surface area (Å²) in [6.45, 7) is 3.67. The third-order valence-electron chi connectivity index (χ3n) is 6.03. The summed E-state index contributed by atoms with van der Waals surface area (Å²) < 4.78 is 49.7. The Hall–Kier alpha value is -4.13. The first kappa shape index (κ1) is 34.1. The average Bonchev–Trinajstić information content (AvgIpc) is 2.89. The Morgan fingerprint density at radius 1 is 1.02 bits per heavy atom. The maximum Gasteiger partial charge on any atom is 0.417 e. The summed E-state index contributed by atoms with van der Waals surface area (Å²) in [5.41, 5.74) is -0.457. The van der Waals surface area contributed by atoms with Crippen LogP contribution in [0.2, 0.25) is 5.02 Å². The average molecular weight is 615 g/mol. The number of amides is 2. The molecular weight excluding hydrogens is 585 g/mol.